The maximum atomic E-state index is 2.43. The van der Waals surface area contributed by atoms with E-state index in [9.17, 15) is 0 Å². The lowest BCUT2D eigenvalue weighted by Crippen LogP contribution is -2.12. The van der Waals surface area contributed by atoms with Crippen LogP contribution in [-0.4, -0.2) is 0 Å². The second-order valence-corrected chi connectivity index (χ2v) is 12.1. The molecule has 0 spiro atoms. The standard InChI is InChI=1S/C48H35N/c1-5-18-36(19-6-1)40-26-15-28-42(34-40)49(43-29-16-27-41(35-43)37-20-7-2-8-21-37)47-33-17-32-45(39-24-11-4-12-25-39)48(47)46-31-14-13-30-44(46)38-22-9-3-10-23-38/h1-35H. The molecular weight excluding hydrogens is 591 g/mol. The van der Waals surface area contributed by atoms with Crippen molar-refractivity contribution >= 4 is 17.1 Å². The van der Waals surface area contributed by atoms with Crippen molar-refractivity contribution in [1.29, 1.82) is 0 Å². The first-order valence-electron chi connectivity index (χ1n) is 16.8. The van der Waals surface area contributed by atoms with Crippen LogP contribution in [0.4, 0.5) is 17.1 Å². The highest BCUT2D eigenvalue weighted by Crippen LogP contribution is 2.48. The fourth-order valence-corrected chi connectivity index (χ4v) is 6.78. The van der Waals surface area contributed by atoms with Crippen LogP contribution in [0.15, 0.2) is 212 Å². The van der Waals surface area contributed by atoms with Crippen molar-refractivity contribution in [2.45, 2.75) is 0 Å². The lowest BCUT2D eigenvalue weighted by atomic mass is 9.87. The Morgan fingerprint density at radius 3 is 1.12 bits per heavy atom. The highest BCUT2D eigenvalue weighted by atomic mass is 15.1. The Hall–Kier alpha value is -6.44. The molecule has 0 saturated carbocycles. The molecule has 0 heterocycles. The number of hydrogen-bond donors (Lipinski definition) is 0. The predicted molar refractivity (Wildman–Crippen MR) is 208 cm³/mol. The molecule has 0 radical (unpaired) electrons. The van der Waals surface area contributed by atoms with Crippen LogP contribution < -0.4 is 4.90 Å². The van der Waals surface area contributed by atoms with E-state index in [1.807, 2.05) is 0 Å². The number of rotatable bonds is 8. The van der Waals surface area contributed by atoms with Gasteiger partial charge in [-0.15, -0.1) is 0 Å². The average Bonchev–Trinajstić information content (AvgIpc) is 3.19. The first-order valence-corrected chi connectivity index (χ1v) is 16.8. The van der Waals surface area contributed by atoms with E-state index in [2.05, 4.69) is 217 Å². The maximum absolute atomic E-state index is 2.43. The van der Waals surface area contributed by atoms with Gasteiger partial charge in [0.05, 0.1) is 5.69 Å². The van der Waals surface area contributed by atoms with Gasteiger partial charge < -0.3 is 4.90 Å². The molecule has 0 unspecified atom stereocenters. The molecule has 49 heavy (non-hydrogen) atoms. The summed E-state index contributed by atoms with van der Waals surface area (Å²) in [5, 5.41) is 0. The Morgan fingerprint density at radius 2 is 0.612 bits per heavy atom. The predicted octanol–water partition coefficient (Wildman–Crippen LogP) is 13.5. The molecule has 0 aliphatic rings. The summed E-state index contributed by atoms with van der Waals surface area (Å²) in [5.41, 5.74) is 15.1. The molecule has 0 atom stereocenters. The van der Waals surface area contributed by atoms with Gasteiger partial charge in [-0.3, -0.25) is 0 Å². The normalized spacial score (nSPS) is 10.9. The minimum atomic E-state index is 1.09. The van der Waals surface area contributed by atoms with Crippen LogP contribution in [0, 0.1) is 0 Å². The topological polar surface area (TPSA) is 3.24 Å². The Balaban J connectivity index is 1.43. The van der Waals surface area contributed by atoms with Gasteiger partial charge in [0.25, 0.3) is 0 Å². The molecule has 0 bridgehead atoms. The summed E-state index contributed by atoms with van der Waals surface area (Å²) in [6.07, 6.45) is 0. The van der Waals surface area contributed by atoms with Crippen molar-refractivity contribution in [3.8, 4) is 55.6 Å². The van der Waals surface area contributed by atoms with Crippen LogP contribution in [-0.2, 0) is 0 Å². The molecule has 1 heteroatoms. The fourth-order valence-electron chi connectivity index (χ4n) is 6.78. The fraction of sp³-hybridized carbons (Fsp3) is 0. The zero-order chi connectivity index (χ0) is 32.8. The third kappa shape index (κ3) is 6.18. The van der Waals surface area contributed by atoms with E-state index in [-0.39, 0.29) is 0 Å². The van der Waals surface area contributed by atoms with Gasteiger partial charge in [-0.2, -0.15) is 0 Å². The van der Waals surface area contributed by atoms with E-state index >= 15 is 0 Å². The summed E-state index contributed by atoms with van der Waals surface area (Å²) >= 11 is 0. The molecule has 232 valence electrons. The van der Waals surface area contributed by atoms with Crippen molar-refractivity contribution in [3.63, 3.8) is 0 Å². The van der Waals surface area contributed by atoms with Gasteiger partial charge in [0.1, 0.15) is 0 Å². The van der Waals surface area contributed by atoms with Crippen LogP contribution in [0.2, 0.25) is 0 Å². The molecule has 0 saturated heterocycles. The minimum absolute atomic E-state index is 1.09. The lowest BCUT2D eigenvalue weighted by molar-refractivity contribution is 1.28. The van der Waals surface area contributed by atoms with Crippen molar-refractivity contribution in [3.05, 3.63) is 212 Å². The van der Waals surface area contributed by atoms with Gasteiger partial charge in [0.2, 0.25) is 0 Å². The monoisotopic (exact) mass is 625 g/mol. The van der Waals surface area contributed by atoms with E-state index in [0.717, 1.165) is 17.1 Å². The first kappa shape index (κ1) is 29.9. The maximum Gasteiger partial charge on any atom is 0.0546 e. The molecule has 0 aliphatic heterocycles. The molecule has 0 amide bonds. The van der Waals surface area contributed by atoms with E-state index in [1.54, 1.807) is 0 Å². The summed E-state index contributed by atoms with van der Waals surface area (Å²) in [4.78, 5) is 2.43. The van der Waals surface area contributed by atoms with Gasteiger partial charge in [0, 0.05) is 16.9 Å². The molecule has 0 aliphatic carbocycles. The van der Waals surface area contributed by atoms with Crippen LogP contribution in [0.5, 0.6) is 0 Å². The van der Waals surface area contributed by atoms with Crippen LogP contribution >= 0.6 is 0 Å². The highest BCUT2D eigenvalue weighted by molar-refractivity contribution is 6.01. The largest absolute Gasteiger partial charge is 0.310 e. The Morgan fingerprint density at radius 1 is 0.245 bits per heavy atom. The molecular formula is C48H35N. The van der Waals surface area contributed by atoms with Crippen molar-refractivity contribution in [2.75, 3.05) is 4.90 Å². The smallest absolute Gasteiger partial charge is 0.0546 e. The van der Waals surface area contributed by atoms with Crippen molar-refractivity contribution < 1.29 is 0 Å². The second kappa shape index (κ2) is 13.7. The molecule has 0 aromatic heterocycles. The summed E-state index contributed by atoms with van der Waals surface area (Å²) in [5.74, 6) is 0. The third-order valence-electron chi connectivity index (χ3n) is 9.07. The van der Waals surface area contributed by atoms with Gasteiger partial charge in [0.15, 0.2) is 0 Å². The lowest BCUT2D eigenvalue weighted by Gasteiger charge is -2.30. The number of benzene rings is 8. The van der Waals surface area contributed by atoms with Crippen LogP contribution in [0.3, 0.4) is 0 Å². The summed E-state index contributed by atoms with van der Waals surface area (Å²) in [6, 6.07) is 76.1. The zero-order valence-electron chi connectivity index (χ0n) is 27.2. The summed E-state index contributed by atoms with van der Waals surface area (Å²) in [6.45, 7) is 0. The first-order chi connectivity index (χ1) is 24.3. The van der Waals surface area contributed by atoms with Gasteiger partial charge >= 0.3 is 0 Å². The second-order valence-electron chi connectivity index (χ2n) is 12.1. The summed E-state index contributed by atoms with van der Waals surface area (Å²) < 4.78 is 0. The van der Waals surface area contributed by atoms with Crippen molar-refractivity contribution in [2.24, 2.45) is 0 Å². The molecule has 0 fully saturated rings. The van der Waals surface area contributed by atoms with E-state index < -0.39 is 0 Å². The Labute approximate surface area is 289 Å². The number of anilines is 3. The molecule has 0 N–H and O–H groups in total. The average molecular weight is 626 g/mol. The highest BCUT2D eigenvalue weighted by Gasteiger charge is 2.23. The Kier molecular flexibility index (Phi) is 8.39. The van der Waals surface area contributed by atoms with Crippen LogP contribution in [0.1, 0.15) is 0 Å². The van der Waals surface area contributed by atoms with Gasteiger partial charge in [-0.25, -0.2) is 0 Å². The van der Waals surface area contributed by atoms with Gasteiger partial charge in [-0.05, 0) is 80.4 Å². The van der Waals surface area contributed by atoms with E-state index in [4.69, 9.17) is 0 Å². The molecule has 8 aromatic carbocycles. The number of hydrogen-bond acceptors (Lipinski definition) is 1. The minimum Gasteiger partial charge on any atom is -0.310 e. The van der Waals surface area contributed by atoms with E-state index in [0.29, 0.717) is 0 Å². The zero-order valence-corrected chi connectivity index (χ0v) is 27.2. The van der Waals surface area contributed by atoms with Crippen molar-refractivity contribution in [1.82, 2.24) is 0 Å². The van der Waals surface area contributed by atoms with Gasteiger partial charge in [-0.1, -0.05) is 182 Å². The Bertz CT molecular complexity index is 2230. The molecule has 1 nitrogen and oxygen atoms in total. The molecule has 8 aromatic rings. The third-order valence-corrected chi connectivity index (χ3v) is 9.07. The SMILES string of the molecule is c1ccc(-c2cccc(N(c3cccc(-c4ccccc4)c3)c3cccc(-c4ccccc4)c3-c3ccccc3-c3ccccc3)c2)cc1. The van der Waals surface area contributed by atoms with E-state index in [1.165, 1.54) is 55.6 Å². The molecule has 8 rings (SSSR count). The number of nitrogens with zero attached hydrogens (tertiary/aromatic N) is 1. The van der Waals surface area contributed by atoms with Crippen LogP contribution in [0.25, 0.3) is 55.6 Å². The summed E-state index contributed by atoms with van der Waals surface area (Å²) in [7, 11) is 0. The quantitative estimate of drug-likeness (QED) is 0.162.